The molecule has 0 radical (unpaired) electrons. The molecular weight excluding hydrogens is 527 g/mol. The van der Waals surface area contributed by atoms with Crippen LogP contribution in [-0.2, 0) is 11.2 Å². The van der Waals surface area contributed by atoms with Gasteiger partial charge in [-0.1, -0.05) is 18.2 Å². The summed E-state index contributed by atoms with van der Waals surface area (Å²) in [4.78, 5) is 13.5. The third kappa shape index (κ3) is 5.83. The standard InChI is InChI=1S/C30H32F3NO6/c1-18(28(36)37)27(35)22-4-3-20-7-9-29(39-26(20)16-22)10-12-34(13-11-29)19(2)24-15-21(23-8-14-38-17-23)5-6-25(24)40-30(31,32)33/h3-6,8,14-19,27,35H,7,9-13H2,1-2H3,(H,36,37)/t18-,19?,27+/m0/s1. The van der Waals surface area contributed by atoms with Crippen molar-refractivity contribution in [3.05, 3.63) is 71.7 Å². The molecule has 214 valence electrons. The Morgan fingerprint density at radius 2 is 1.80 bits per heavy atom. The molecular formula is C30H32F3NO6. The van der Waals surface area contributed by atoms with Crippen molar-refractivity contribution in [3.8, 4) is 22.6 Å². The fourth-order valence-corrected chi connectivity index (χ4v) is 5.70. The van der Waals surface area contributed by atoms with Crippen LogP contribution in [0.5, 0.6) is 11.5 Å². The van der Waals surface area contributed by atoms with E-state index in [1.54, 1.807) is 36.6 Å². The second-order valence-electron chi connectivity index (χ2n) is 10.7. The molecule has 1 saturated heterocycles. The Bertz CT molecular complexity index is 1350. The van der Waals surface area contributed by atoms with E-state index in [4.69, 9.17) is 9.15 Å². The number of carboxylic acids is 1. The molecule has 1 aromatic heterocycles. The quantitative estimate of drug-likeness (QED) is 0.341. The molecule has 7 nitrogen and oxygen atoms in total. The van der Waals surface area contributed by atoms with Gasteiger partial charge >= 0.3 is 12.3 Å². The second kappa shape index (κ2) is 10.8. The molecule has 10 heteroatoms. The van der Waals surface area contributed by atoms with Gasteiger partial charge in [0.05, 0.1) is 24.5 Å². The van der Waals surface area contributed by atoms with Crippen LogP contribution >= 0.6 is 0 Å². The summed E-state index contributed by atoms with van der Waals surface area (Å²) in [7, 11) is 0. The van der Waals surface area contributed by atoms with Crippen LogP contribution in [0.1, 0.15) is 61.9 Å². The smallest absolute Gasteiger partial charge is 0.487 e. The van der Waals surface area contributed by atoms with Crippen molar-refractivity contribution in [2.24, 2.45) is 5.92 Å². The number of benzene rings is 2. The molecule has 2 aliphatic rings. The Morgan fingerprint density at radius 1 is 1.05 bits per heavy atom. The molecule has 0 aliphatic carbocycles. The fraction of sp³-hybridized carbons (Fsp3) is 0.433. The third-order valence-electron chi connectivity index (χ3n) is 8.27. The van der Waals surface area contributed by atoms with Crippen molar-refractivity contribution >= 4 is 5.97 Å². The molecule has 0 bridgehead atoms. The van der Waals surface area contributed by atoms with E-state index in [1.165, 1.54) is 19.3 Å². The summed E-state index contributed by atoms with van der Waals surface area (Å²) in [5.41, 5.74) is 3.00. The minimum absolute atomic E-state index is 0.225. The van der Waals surface area contributed by atoms with E-state index in [1.807, 2.05) is 13.0 Å². The van der Waals surface area contributed by atoms with Crippen LogP contribution < -0.4 is 9.47 Å². The van der Waals surface area contributed by atoms with Gasteiger partial charge in [-0.25, -0.2) is 0 Å². The number of piperidine rings is 1. The number of fused-ring (bicyclic) bond motifs is 1. The van der Waals surface area contributed by atoms with Crippen LogP contribution in [0.15, 0.2) is 59.4 Å². The monoisotopic (exact) mass is 559 g/mol. The zero-order chi connectivity index (χ0) is 28.7. The molecule has 3 aromatic rings. The molecule has 0 amide bonds. The first kappa shape index (κ1) is 28.0. The largest absolute Gasteiger partial charge is 0.573 e. The first-order valence-corrected chi connectivity index (χ1v) is 13.3. The van der Waals surface area contributed by atoms with Crippen LogP contribution in [-0.4, -0.2) is 46.1 Å². The molecule has 0 saturated carbocycles. The molecule has 3 heterocycles. The number of carboxylic acid groups (broad SMARTS) is 1. The van der Waals surface area contributed by atoms with Crippen molar-refractivity contribution in [1.29, 1.82) is 0 Å². The van der Waals surface area contributed by atoms with Crippen LogP contribution in [0.4, 0.5) is 13.2 Å². The minimum Gasteiger partial charge on any atom is -0.487 e. The van der Waals surface area contributed by atoms with Crippen molar-refractivity contribution in [2.75, 3.05) is 13.1 Å². The van der Waals surface area contributed by atoms with E-state index in [-0.39, 0.29) is 11.8 Å². The summed E-state index contributed by atoms with van der Waals surface area (Å²) in [6.07, 6.45) is 0.0246. The number of likely N-dealkylation sites (tertiary alicyclic amines) is 1. The van der Waals surface area contributed by atoms with Crippen LogP contribution in [0, 0.1) is 5.92 Å². The highest BCUT2D eigenvalue weighted by Gasteiger charge is 2.41. The normalized spacial score (nSPS) is 19.4. The van der Waals surface area contributed by atoms with E-state index < -0.39 is 30.0 Å². The lowest BCUT2D eigenvalue weighted by Crippen LogP contribution is -2.50. The average Bonchev–Trinajstić information content (AvgIpc) is 3.46. The summed E-state index contributed by atoms with van der Waals surface area (Å²) in [6.45, 7) is 4.55. The number of halogens is 3. The zero-order valence-electron chi connectivity index (χ0n) is 22.3. The Kier molecular flexibility index (Phi) is 7.58. The number of aryl methyl sites for hydroxylation is 1. The van der Waals surface area contributed by atoms with E-state index >= 15 is 0 Å². The van der Waals surface area contributed by atoms with Gasteiger partial charge in [0.15, 0.2) is 0 Å². The number of rotatable bonds is 7. The molecule has 1 spiro atoms. The van der Waals surface area contributed by atoms with Gasteiger partial charge in [0.1, 0.15) is 17.1 Å². The highest BCUT2D eigenvalue weighted by atomic mass is 19.4. The molecule has 2 aromatic carbocycles. The molecule has 1 unspecified atom stereocenters. The highest BCUT2D eigenvalue weighted by Crippen LogP contribution is 2.43. The number of alkyl halides is 3. The third-order valence-corrected chi connectivity index (χ3v) is 8.27. The highest BCUT2D eigenvalue weighted by molar-refractivity contribution is 5.70. The Morgan fingerprint density at radius 3 is 2.45 bits per heavy atom. The maximum Gasteiger partial charge on any atom is 0.573 e. The topological polar surface area (TPSA) is 92.4 Å². The Hall–Kier alpha value is -3.50. The van der Waals surface area contributed by atoms with Gasteiger partial charge in [0.2, 0.25) is 0 Å². The van der Waals surface area contributed by atoms with E-state index in [2.05, 4.69) is 9.64 Å². The van der Waals surface area contributed by atoms with Gasteiger partial charge < -0.3 is 24.1 Å². The van der Waals surface area contributed by atoms with Gasteiger partial charge in [-0.15, -0.1) is 13.2 Å². The first-order valence-electron chi connectivity index (χ1n) is 13.3. The summed E-state index contributed by atoms with van der Waals surface area (Å²) in [5.74, 6) is -1.62. The lowest BCUT2D eigenvalue weighted by molar-refractivity contribution is -0.275. The number of carbonyl (C=O) groups is 1. The molecule has 1 fully saturated rings. The predicted octanol–water partition coefficient (Wildman–Crippen LogP) is 6.52. The van der Waals surface area contributed by atoms with Crippen LogP contribution in [0.2, 0.25) is 0 Å². The Balaban J connectivity index is 1.32. The SMILES string of the molecule is CC(c1cc(-c2ccoc2)ccc1OC(F)(F)F)N1CCC2(CCc3ccc([C@H](O)[C@H](C)C(=O)O)cc3O2)CC1. The molecule has 5 rings (SSSR count). The van der Waals surface area contributed by atoms with Gasteiger partial charge in [0.25, 0.3) is 0 Å². The number of ether oxygens (including phenoxy) is 2. The van der Waals surface area contributed by atoms with E-state index in [9.17, 15) is 28.2 Å². The van der Waals surface area contributed by atoms with Gasteiger partial charge in [-0.3, -0.25) is 9.69 Å². The van der Waals surface area contributed by atoms with E-state index in [0.29, 0.717) is 42.8 Å². The van der Waals surface area contributed by atoms with Gasteiger partial charge in [-0.2, -0.15) is 0 Å². The number of aliphatic hydroxyl groups is 1. The van der Waals surface area contributed by atoms with Crippen molar-refractivity contribution in [3.63, 3.8) is 0 Å². The Labute approximate surface area is 230 Å². The summed E-state index contributed by atoms with van der Waals surface area (Å²) >= 11 is 0. The molecule has 40 heavy (non-hydrogen) atoms. The number of furan rings is 1. The maximum atomic E-state index is 13.2. The van der Waals surface area contributed by atoms with Crippen molar-refractivity contribution < 1.29 is 42.1 Å². The molecule has 2 aliphatic heterocycles. The molecule has 2 N–H and O–H groups in total. The first-order chi connectivity index (χ1) is 18.9. The number of hydrogen-bond donors (Lipinski definition) is 2. The van der Waals surface area contributed by atoms with E-state index in [0.717, 1.165) is 29.5 Å². The number of aliphatic hydroxyl groups excluding tert-OH is 1. The number of aliphatic carboxylic acids is 1. The molecule has 3 atom stereocenters. The number of hydrogen-bond acceptors (Lipinski definition) is 6. The summed E-state index contributed by atoms with van der Waals surface area (Å²) in [5, 5.41) is 19.8. The summed E-state index contributed by atoms with van der Waals surface area (Å²) < 4.78 is 55.7. The van der Waals surface area contributed by atoms with Crippen LogP contribution in [0.25, 0.3) is 11.1 Å². The van der Waals surface area contributed by atoms with Gasteiger partial charge in [0, 0.05) is 30.3 Å². The van der Waals surface area contributed by atoms with Gasteiger partial charge in [-0.05, 0) is 80.5 Å². The predicted molar refractivity (Wildman–Crippen MR) is 140 cm³/mol. The fourth-order valence-electron chi connectivity index (χ4n) is 5.70. The number of nitrogens with zero attached hydrogens (tertiary/aromatic N) is 1. The van der Waals surface area contributed by atoms with Crippen molar-refractivity contribution in [1.82, 2.24) is 4.90 Å². The maximum absolute atomic E-state index is 13.2. The minimum atomic E-state index is -4.81. The summed E-state index contributed by atoms with van der Waals surface area (Å²) in [6, 6.07) is 11.4. The lowest BCUT2D eigenvalue weighted by Gasteiger charge is -2.46. The van der Waals surface area contributed by atoms with Crippen LogP contribution in [0.3, 0.4) is 0 Å². The average molecular weight is 560 g/mol. The zero-order valence-corrected chi connectivity index (χ0v) is 22.3. The second-order valence-corrected chi connectivity index (χ2v) is 10.7. The lowest BCUT2D eigenvalue weighted by atomic mass is 9.82. The van der Waals surface area contributed by atoms with Crippen molar-refractivity contribution in [2.45, 2.75) is 63.6 Å².